The lowest BCUT2D eigenvalue weighted by atomic mass is 10.1. The first-order chi connectivity index (χ1) is 9.96. The average molecular weight is 313 g/mol. The third kappa shape index (κ3) is 4.03. The summed E-state index contributed by atoms with van der Waals surface area (Å²) >= 11 is 0. The van der Waals surface area contributed by atoms with Crippen LogP contribution in [-0.2, 0) is 9.47 Å². The minimum atomic E-state index is -0.540. The molecule has 0 saturated carbocycles. The van der Waals surface area contributed by atoms with Gasteiger partial charge in [-0.05, 0) is 48.0 Å². The maximum absolute atomic E-state index is 12.3. The lowest BCUT2D eigenvalue weighted by Gasteiger charge is -2.28. The number of likely N-dealkylation sites (tertiary alicyclic amines) is 1. The third-order valence-corrected chi connectivity index (χ3v) is 3.48. The summed E-state index contributed by atoms with van der Waals surface area (Å²) in [6.07, 6.45) is 0.0577. The van der Waals surface area contributed by atoms with E-state index in [9.17, 15) is 9.59 Å². The molecular weight excluding hydrogens is 286 g/mol. The van der Waals surface area contributed by atoms with Crippen molar-refractivity contribution < 1.29 is 19.1 Å². The second kappa shape index (κ2) is 5.61. The molecule has 2 heterocycles. The van der Waals surface area contributed by atoms with Gasteiger partial charge >= 0.3 is 12.2 Å². The van der Waals surface area contributed by atoms with Gasteiger partial charge in [0, 0.05) is 6.54 Å². The van der Waals surface area contributed by atoms with Gasteiger partial charge in [0.2, 0.25) is 0 Å². The van der Waals surface area contributed by atoms with E-state index < -0.39 is 17.3 Å². The Morgan fingerprint density at radius 2 is 1.55 bits per heavy atom. The normalized spacial score (nSPS) is 25.2. The van der Waals surface area contributed by atoms with E-state index in [4.69, 9.17) is 9.47 Å². The van der Waals surface area contributed by atoms with Crippen LogP contribution in [0.5, 0.6) is 0 Å². The number of ether oxygens (including phenoxy) is 2. The molecule has 0 aromatic carbocycles. The molecule has 2 amide bonds. The highest BCUT2D eigenvalue weighted by Gasteiger charge is 2.46. The maximum atomic E-state index is 12.3. The highest BCUT2D eigenvalue weighted by atomic mass is 16.6. The Hall–Kier alpha value is -1.50. The van der Waals surface area contributed by atoms with E-state index in [2.05, 4.69) is 5.43 Å². The minimum absolute atomic E-state index is 0.0673. The average Bonchev–Trinajstić information content (AvgIpc) is 2.81. The predicted molar refractivity (Wildman–Crippen MR) is 81.2 cm³/mol. The van der Waals surface area contributed by atoms with Crippen LogP contribution in [-0.4, -0.2) is 58.5 Å². The molecule has 0 spiro atoms. The minimum Gasteiger partial charge on any atom is -0.444 e. The van der Waals surface area contributed by atoms with Gasteiger partial charge in [-0.2, -0.15) is 0 Å². The number of hydrogen-bond acceptors (Lipinski definition) is 5. The summed E-state index contributed by atoms with van der Waals surface area (Å²) in [5.74, 6) is 0. The summed E-state index contributed by atoms with van der Waals surface area (Å²) in [5.41, 5.74) is 2.07. The van der Waals surface area contributed by atoms with Crippen LogP contribution in [0.2, 0.25) is 0 Å². The fourth-order valence-corrected chi connectivity index (χ4v) is 2.66. The molecule has 0 bridgehead atoms. The molecule has 1 N–H and O–H groups in total. The Morgan fingerprint density at radius 3 is 2.09 bits per heavy atom. The monoisotopic (exact) mass is 313 g/mol. The van der Waals surface area contributed by atoms with Gasteiger partial charge in [-0.25, -0.2) is 20.0 Å². The van der Waals surface area contributed by atoms with E-state index in [0.717, 1.165) is 6.42 Å². The second-order valence-corrected chi connectivity index (χ2v) is 7.86. The summed E-state index contributed by atoms with van der Waals surface area (Å²) in [6, 6.07) is 0.00223. The zero-order valence-corrected chi connectivity index (χ0v) is 14.3. The number of carbonyl (C=O) groups is 2. The number of nitrogens with one attached hydrogen (secondary N) is 1. The number of rotatable bonds is 0. The molecule has 0 unspecified atom stereocenters. The van der Waals surface area contributed by atoms with E-state index in [1.165, 1.54) is 5.01 Å². The van der Waals surface area contributed by atoms with E-state index >= 15 is 0 Å². The van der Waals surface area contributed by atoms with E-state index in [1.807, 2.05) is 41.5 Å². The summed E-state index contributed by atoms with van der Waals surface area (Å²) in [7, 11) is 0. The van der Waals surface area contributed by atoms with Crippen LogP contribution >= 0.6 is 0 Å². The van der Waals surface area contributed by atoms with E-state index in [1.54, 1.807) is 4.90 Å². The zero-order valence-electron chi connectivity index (χ0n) is 14.3. The summed E-state index contributed by atoms with van der Waals surface area (Å²) < 4.78 is 10.8. The SMILES string of the molecule is CC(C)(C)OC(=O)N1C[C@@H]2[C@@H](CCN2C(=O)OC(C)(C)C)N1. The number of nitrogens with zero attached hydrogens (tertiary/aromatic N) is 2. The fourth-order valence-electron chi connectivity index (χ4n) is 2.66. The molecule has 126 valence electrons. The van der Waals surface area contributed by atoms with Gasteiger partial charge < -0.3 is 14.4 Å². The molecule has 0 aromatic rings. The smallest absolute Gasteiger partial charge is 0.424 e. The molecule has 2 fully saturated rings. The molecule has 7 nitrogen and oxygen atoms in total. The van der Waals surface area contributed by atoms with Crippen molar-refractivity contribution >= 4 is 12.2 Å². The first-order valence-electron chi connectivity index (χ1n) is 7.72. The maximum Gasteiger partial charge on any atom is 0.424 e. The van der Waals surface area contributed by atoms with Gasteiger partial charge in [0.15, 0.2) is 0 Å². The highest BCUT2D eigenvalue weighted by Crippen LogP contribution is 2.26. The van der Waals surface area contributed by atoms with E-state index in [-0.39, 0.29) is 18.2 Å². The lowest BCUT2D eigenvalue weighted by Crippen LogP contribution is -2.44. The Bertz CT molecular complexity index is 453. The van der Waals surface area contributed by atoms with Gasteiger partial charge in [-0.1, -0.05) is 0 Å². The van der Waals surface area contributed by atoms with Crippen LogP contribution in [0.25, 0.3) is 0 Å². The molecule has 2 aliphatic rings. The van der Waals surface area contributed by atoms with Crippen LogP contribution in [0, 0.1) is 0 Å². The highest BCUT2D eigenvalue weighted by molar-refractivity contribution is 5.71. The Morgan fingerprint density at radius 1 is 1.00 bits per heavy atom. The van der Waals surface area contributed by atoms with E-state index in [0.29, 0.717) is 13.1 Å². The zero-order chi connectivity index (χ0) is 16.7. The van der Waals surface area contributed by atoms with Gasteiger partial charge in [0.1, 0.15) is 11.2 Å². The largest absolute Gasteiger partial charge is 0.444 e. The number of fused-ring (bicyclic) bond motifs is 1. The van der Waals surface area contributed by atoms with Crippen molar-refractivity contribution in [3.63, 3.8) is 0 Å². The topological polar surface area (TPSA) is 71.1 Å². The Kier molecular flexibility index (Phi) is 4.30. The van der Waals surface area contributed by atoms with Crippen LogP contribution in [0.4, 0.5) is 9.59 Å². The van der Waals surface area contributed by atoms with Crippen molar-refractivity contribution in [2.24, 2.45) is 0 Å². The molecular formula is C15H27N3O4. The molecule has 0 radical (unpaired) electrons. The third-order valence-electron chi connectivity index (χ3n) is 3.48. The lowest BCUT2D eigenvalue weighted by molar-refractivity contribution is 0.0124. The molecule has 0 aromatic heterocycles. The van der Waals surface area contributed by atoms with Gasteiger partial charge in [-0.15, -0.1) is 0 Å². The molecule has 22 heavy (non-hydrogen) atoms. The summed E-state index contributed by atoms with van der Waals surface area (Å²) in [4.78, 5) is 26.1. The van der Waals surface area contributed by atoms with Crippen molar-refractivity contribution in [2.45, 2.75) is 71.2 Å². The van der Waals surface area contributed by atoms with Crippen molar-refractivity contribution in [3.8, 4) is 0 Å². The molecule has 0 aliphatic carbocycles. The molecule has 2 aliphatic heterocycles. The van der Waals surface area contributed by atoms with Crippen molar-refractivity contribution in [2.75, 3.05) is 13.1 Å². The van der Waals surface area contributed by atoms with Crippen LogP contribution < -0.4 is 5.43 Å². The molecule has 2 rings (SSSR count). The van der Waals surface area contributed by atoms with Crippen LogP contribution in [0.1, 0.15) is 48.0 Å². The number of hydrazine groups is 1. The van der Waals surface area contributed by atoms with Gasteiger partial charge in [0.05, 0.1) is 18.6 Å². The van der Waals surface area contributed by atoms with Gasteiger partial charge in [-0.3, -0.25) is 0 Å². The van der Waals surface area contributed by atoms with Gasteiger partial charge in [0.25, 0.3) is 0 Å². The quantitative estimate of drug-likeness (QED) is 0.742. The number of amides is 2. The molecule has 2 atom stereocenters. The molecule has 2 saturated heterocycles. The fraction of sp³-hybridized carbons (Fsp3) is 0.867. The van der Waals surface area contributed by atoms with Crippen molar-refractivity contribution in [1.29, 1.82) is 0 Å². The standard InChI is InChI=1S/C15H27N3O4/c1-14(2,3)21-12(19)17-8-7-10-11(17)9-18(16-10)13(20)22-15(4,5)6/h10-11,16H,7-9H2,1-6H3/t10-,11-/m1/s1. The Balaban J connectivity index is 1.96. The van der Waals surface area contributed by atoms with Crippen LogP contribution in [0.15, 0.2) is 0 Å². The summed E-state index contributed by atoms with van der Waals surface area (Å²) in [5, 5.41) is 1.46. The van der Waals surface area contributed by atoms with Crippen molar-refractivity contribution in [3.05, 3.63) is 0 Å². The first kappa shape index (κ1) is 16.9. The first-order valence-corrected chi connectivity index (χ1v) is 7.72. The molecule has 7 heteroatoms. The second-order valence-electron chi connectivity index (χ2n) is 7.86. The summed E-state index contributed by atoms with van der Waals surface area (Å²) in [6.45, 7) is 12.1. The Labute approximate surface area is 131 Å². The predicted octanol–water partition coefficient (Wildman–Crippen LogP) is 2.12. The van der Waals surface area contributed by atoms with Crippen LogP contribution in [0.3, 0.4) is 0 Å². The van der Waals surface area contributed by atoms with Crippen molar-refractivity contribution in [1.82, 2.24) is 15.3 Å². The number of carbonyl (C=O) groups excluding carboxylic acids is 2. The number of hydrogen-bond donors (Lipinski definition) is 1.